The topological polar surface area (TPSA) is 89.6 Å². The van der Waals surface area contributed by atoms with E-state index < -0.39 is 17.8 Å². The summed E-state index contributed by atoms with van der Waals surface area (Å²) >= 11 is 0. The van der Waals surface area contributed by atoms with Crippen molar-refractivity contribution in [1.82, 2.24) is 19.7 Å². The highest BCUT2D eigenvalue weighted by molar-refractivity contribution is 5.80. The molecule has 1 aromatic carbocycles. The first-order valence-electron chi connectivity index (χ1n) is 5.77. The number of rotatable bonds is 1. The Labute approximate surface area is 115 Å². The number of halogens is 3. The normalized spacial score (nSPS) is 12.0. The molecule has 1 amide bonds. The van der Waals surface area contributed by atoms with Crippen LogP contribution < -0.4 is 5.73 Å². The van der Waals surface area contributed by atoms with Gasteiger partial charge in [-0.25, -0.2) is 9.78 Å². The predicted molar refractivity (Wildman–Crippen MR) is 67.3 cm³/mol. The number of carbonyl (C=O) groups is 1. The fourth-order valence-electron chi connectivity index (χ4n) is 1.88. The van der Waals surface area contributed by atoms with Gasteiger partial charge in [0.2, 0.25) is 0 Å². The summed E-state index contributed by atoms with van der Waals surface area (Å²) in [6, 6.07) is 3.90. The van der Waals surface area contributed by atoms with E-state index in [-0.39, 0.29) is 11.3 Å². The maximum Gasteiger partial charge on any atom is 0.416 e. The second-order valence-electron chi connectivity index (χ2n) is 4.30. The van der Waals surface area contributed by atoms with E-state index in [1.165, 1.54) is 18.3 Å². The van der Waals surface area contributed by atoms with Gasteiger partial charge in [0, 0.05) is 6.20 Å². The van der Waals surface area contributed by atoms with Crippen LogP contribution in [0.1, 0.15) is 5.56 Å². The van der Waals surface area contributed by atoms with Crippen molar-refractivity contribution in [3.8, 4) is 11.5 Å². The Morgan fingerprint density at radius 3 is 2.67 bits per heavy atom. The largest absolute Gasteiger partial charge is 0.416 e. The molecule has 0 spiro atoms. The van der Waals surface area contributed by atoms with E-state index in [0.29, 0.717) is 11.2 Å². The lowest BCUT2D eigenvalue weighted by atomic mass is 10.2. The van der Waals surface area contributed by atoms with Crippen molar-refractivity contribution in [3.05, 3.63) is 36.0 Å². The van der Waals surface area contributed by atoms with Gasteiger partial charge in [0.05, 0.1) is 16.6 Å². The summed E-state index contributed by atoms with van der Waals surface area (Å²) in [5.74, 6) is 0.254. The highest BCUT2D eigenvalue weighted by Gasteiger charge is 2.30. The first-order chi connectivity index (χ1) is 9.84. The Morgan fingerprint density at radius 1 is 1.29 bits per heavy atom. The van der Waals surface area contributed by atoms with Crippen LogP contribution in [0.15, 0.2) is 30.5 Å². The number of amides is 1. The summed E-state index contributed by atoms with van der Waals surface area (Å²) in [4.78, 5) is 17.8. The lowest BCUT2D eigenvalue weighted by Gasteiger charge is -2.05. The molecule has 2 heterocycles. The van der Waals surface area contributed by atoms with Crippen LogP contribution in [0.2, 0.25) is 0 Å². The van der Waals surface area contributed by atoms with Crippen molar-refractivity contribution in [1.29, 1.82) is 0 Å². The number of carbonyl (C=O) groups excluding carboxylic acids is 1. The van der Waals surface area contributed by atoms with Gasteiger partial charge in [-0.3, -0.25) is 0 Å². The molecular formula is C12H8F3N5O. The van der Waals surface area contributed by atoms with Crippen molar-refractivity contribution in [2.24, 2.45) is 5.73 Å². The number of primary amides is 1. The maximum atomic E-state index is 12.6. The molecule has 0 saturated heterocycles. The van der Waals surface area contributed by atoms with Crippen molar-refractivity contribution >= 4 is 17.1 Å². The third kappa shape index (κ3) is 2.33. The number of hydrogen-bond acceptors (Lipinski definition) is 3. The van der Waals surface area contributed by atoms with Crippen LogP contribution in [0.3, 0.4) is 0 Å². The molecule has 0 aliphatic carbocycles. The third-order valence-electron chi connectivity index (χ3n) is 2.87. The van der Waals surface area contributed by atoms with Crippen LogP contribution in [0, 0.1) is 0 Å². The lowest BCUT2D eigenvalue weighted by Crippen LogP contribution is -2.19. The third-order valence-corrected chi connectivity index (χ3v) is 2.87. The zero-order chi connectivity index (χ0) is 15.2. The van der Waals surface area contributed by atoms with Crippen LogP contribution in [0.4, 0.5) is 18.0 Å². The van der Waals surface area contributed by atoms with E-state index in [4.69, 9.17) is 5.73 Å². The summed E-state index contributed by atoms with van der Waals surface area (Å²) in [6.07, 6.45) is -3.08. The number of H-pyrrole nitrogens is 1. The monoisotopic (exact) mass is 295 g/mol. The molecule has 0 radical (unpaired) electrons. The Bertz CT molecular complexity index is 833. The van der Waals surface area contributed by atoms with Gasteiger partial charge < -0.3 is 10.7 Å². The van der Waals surface area contributed by atoms with E-state index in [2.05, 4.69) is 15.1 Å². The Morgan fingerprint density at radius 2 is 2.05 bits per heavy atom. The molecule has 3 N–H and O–H groups in total. The number of nitrogens with one attached hydrogen (secondary N) is 1. The molecule has 0 aliphatic rings. The second-order valence-corrected chi connectivity index (χ2v) is 4.30. The number of alkyl halides is 3. The summed E-state index contributed by atoms with van der Waals surface area (Å²) in [5.41, 5.74) is 5.18. The summed E-state index contributed by atoms with van der Waals surface area (Å²) in [6.45, 7) is 0. The molecule has 0 bridgehead atoms. The molecule has 9 heteroatoms. The van der Waals surface area contributed by atoms with Gasteiger partial charge in [0.25, 0.3) is 0 Å². The van der Waals surface area contributed by atoms with Crippen LogP contribution in [-0.2, 0) is 6.18 Å². The molecule has 3 rings (SSSR count). The van der Waals surface area contributed by atoms with Crippen molar-refractivity contribution in [2.45, 2.75) is 6.18 Å². The van der Waals surface area contributed by atoms with Gasteiger partial charge in [0.1, 0.15) is 5.69 Å². The number of nitrogens with zero attached hydrogens (tertiary/aromatic N) is 3. The molecular weight excluding hydrogens is 287 g/mol. The highest BCUT2D eigenvalue weighted by atomic mass is 19.4. The first kappa shape index (κ1) is 13.2. The van der Waals surface area contributed by atoms with Gasteiger partial charge in [0.15, 0.2) is 5.82 Å². The summed E-state index contributed by atoms with van der Waals surface area (Å²) < 4.78 is 38.8. The molecule has 0 saturated carbocycles. The van der Waals surface area contributed by atoms with Gasteiger partial charge in [-0.2, -0.15) is 23.0 Å². The van der Waals surface area contributed by atoms with Crippen LogP contribution >= 0.6 is 0 Å². The number of benzene rings is 1. The van der Waals surface area contributed by atoms with Gasteiger partial charge in [-0.15, -0.1) is 0 Å². The Kier molecular flexibility index (Phi) is 2.71. The molecule has 2 aromatic heterocycles. The van der Waals surface area contributed by atoms with E-state index in [0.717, 1.165) is 16.8 Å². The van der Waals surface area contributed by atoms with Crippen molar-refractivity contribution in [3.63, 3.8) is 0 Å². The molecule has 0 atom stereocenters. The molecule has 0 aliphatic heterocycles. The van der Waals surface area contributed by atoms with E-state index in [1.54, 1.807) is 0 Å². The van der Waals surface area contributed by atoms with Crippen LogP contribution in [0.25, 0.3) is 22.6 Å². The quantitative estimate of drug-likeness (QED) is 0.722. The number of hydrogen-bond donors (Lipinski definition) is 2. The van der Waals surface area contributed by atoms with Gasteiger partial charge in [-0.05, 0) is 24.3 Å². The van der Waals surface area contributed by atoms with E-state index in [1.807, 2.05) is 0 Å². The SMILES string of the molecule is NC(=O)n1ccc(-c2nc3ccc(C(F)(F)F)cc3[nH]2)n1. The number of fused-ring (bicyclic) bond motifs is 1. The van der Waals surface area contributed by atoms with E-state index >= 15 is 0 Å². The fraction of sp³-hybridized carbons (Fsp3) is 0.0833. The van der Waals surface area contributed by atoms with E-state index in [9.17, 15) is 18.0 Å². The molecule has 21 heavy (non-hydrogen) atoms. The molecule has 6 nitrogen and oxygen atoms in total. The highest BCUT2D eigenvalue weighted by Crippen LogP contribution is 2.31. The lowest BCUT2D eigenvalue weighted by molar-refractivity contribution is -0.137. The predicted octanol–water partition coefficient (Wildman–Crippen LogP) is 2.37. The molecule has 3 aromatic rings. The number of imidazole rings is 1. The molecule has 0 fully saturated rings. The van der Waals surface area contributed by atoms with Crippen molar-refractivity contribution in [2.75, 3.05) is 0 Å². The Balaban J connectivity index is 2.06. The smallest absolute Gasteiger partial charge is 0.350 e. The average molecular weight is 295 g/mol. The number of nitrogens with two attached hydrogens (primary N) is 1. The standard InChI is InChI=1S/C12H8F3N5O/c13-12(14,15)6-1-2-7-9(5-6)18-10(17-7)8-3-4-20(19-8)11(16)21/h1-5H,(H2,16,21)(H,17,18). The second kappa shape index (κ2) is 4.33. The van der Waals surface area contributed by atoms with Crippen LogP contribution in [-0.4, -0.2) is 25.8 Å². The average Bonchev–Trinajstić information content (AvgIpc) is 3.03. The minimum atomic E-state index is -4.42. The first-order valence-corrected chi connectivity index (χ1v) is 5.77. The fourth-order valence-corrected chi connectivity index (χ4v) is 1.88. The van der Waals surface area contributed by atoms with Gasteiger partial charge >= 0.3 is 12.2 Å². The number of aromatic amines is 1. The zero-order valence-corrected chi connectivity index (χ0v) is 10.3. The molecule has 108 valence electrons. The Hall–Kier alpha value is -2.84. The summed E-state index contributed by atoms with van der Waals surface area (Å²) in [5, 5.41) is 3.87. The zero-order valence-electron chi connectivity index (χ0n) is 10.3. The summed E-state index contributed by atoms with van der Waals surface area (Å²) in [7, 11) is 0. The minimum absolute atomic E-state index is 0.230. The maximum absolute atomic E-state index is 12.6. The van der Waals surface area contributed by atoms with Crippen LogP contribution in [0.5, 0.6) is 0 Å². The number of aromatic nitrogens is 4. The molecule has 0 unspecified atom stereocenters. The minimum Gasteiger partial charge on any atom is -0.350 e. The van der Waals surface area contributed by atoms with Gasteiger partial charge in [-0.1, -0.05) is 0 Å². The van der Waals surface area contributed by atoms with Crippen molar-refractivity contribution < 1.29 is 18.0 Å².